The second kappa shape index (κ2) is 10.6. The predicted octanol–water partition coefficient (Wildman–Crippen LogP) is 6.36. The van der Waals surface area contributed by atoms with Crippen molar-refractivity contribution in [3.05, 3.63) is 29.6 Å². The minimum atomic E-state index is 0.0354. The van der Waals surface area contributed by atoms with Crippen molar-refractivity contribution in [2.24, 2.45) is 17.8 Å². The molecule has 0 amide bonds. The highest BCUT2D eigenvalue weighted by Gasteiger charge is 2.23. The molecule has 1 N–H and O–H groups in total. The van der Waals surface area contributed by atoms with Gasteiger partial charge in [-0.2, -0.15) is 0 Å². The van der Waals surface area contributed by atoms with Crippen LogP contribution in [-0.4, -0.2) is 27.0 Å². The van der Waals surface area contributed by atoms with E-state index in [1.165, 1.54) is 31.5 Å². The van der Waals surface area contributed by atoms with Gasteiger partial charge >= 0.3 is 0 Å². The van der Waals surface area contributed by atoms with E-state index in [9.17, 15) is 9.90 Å². The quantitative estimate of drug-likeness (QED) is 0.437. The number of carbonyl (C=O) groups is 1. The lowest BCUT2D eigenvalue weighted by atomic mass is 9.91. The van der Waals surface area contributed by atoms with E-state index in [0.717, 1.165) is 48.2 Å². The van der Waals surface area contributed by atoms with E-state index in [1.54, 1.807) is 0 Å². The van der Waals surface area contributed by atoms with Gasteiger partial charge in [0.1, 0.15) is 5.82 Å². The number of imidazole rings is 1. The number of Topliss-reactive ketones (excluding diaryl/α,β-unsaturated/α-hetero) is 1. The van der Waals surface area contributed by atoms with Gasteiger partial charge in [-0.15, -0.1) is 0 Å². The van der Waals surface area contributed by atoms with Crippen LogP contribution < -0.4 is 0 Å². The third-order valence-corrected chi connectivity index (χ3v) is 6.88. The van der Waals surface area contributed by atoms with Crippen molar-refractivity contribution in [1.29, 1.82) is 0 Å². The zero-order valence-corrected chi connectivity index (χ0v) is 19.4. The van der Waals surface area contributed by atoms with Gasteiger partial charge in [-0.3, -0.25) is 4.79 Å². The normalized spacial score (nSPS) is 16.2. The number of fused-ring (bicyclic) bond motifs is 1. The highest BCUT2D eigenvalue weighted by Crippen LogP contribution is 2.32. The fourth-order valence-corrected chi connectivity index (χ4v) is 5.27. The number of nitrogens with zero attached hydrogens (tertiary/aromatic N) is 2. The fourth-order valence-electron chi connectivity index (χ4n) is 5.27. The Bertz CT molecular complexity index is 829. The molecule has 30 heavy (non-hydrogen) atoms. The van der Waals surface area contributed by atoms with Crippen LogP contribution in [0.25, 0.3) is 11.0 Å². The zero-order chi connectivity index (χ0) is 21.7. The number of ketones is 1. The highest BCUT2D eigenvalue weighted by atomic mass is 16.3. The van der Waals surface area contributed by atoms with Gasteiger partial charge in [-0.05, 0) is 55.2 Å². The molecule has 4 nitrogen and oxygen atoms in total. The summed E-state index contributed by atoms with van der Waals surface area (Å²) in [4.78, 5) is 18.0. The van der Waals surface area contributed by atoms with Crippen LogP contribution in [-0.2, 0) is 6.42 Å². The molecule has 1 aromatic carbocycles. The maximum Gasteiger partial charge on any atom is 0.163 e. The molecule has 1 aliphatic carbocycles. The summed E-state index contributed by atoms with van der Waals surface area (Å²) in [6, 6.07) is 6.51. The molecule has 4 heteroatoms. The predicted molar refractivity (Wildman–Crippen MR) is 124 cm³/mol. The Balaban J connectivity index is 1.90. The van der Waals surface area contributed by atoms with Crippen molar-refractivity contribution < 1.29 is 9.90 Å². The Morgan fingerprint density at radius 3 is 2.50 bits per heavy atom. The first kappa shape index (κ1) is 23.0. The second-order valence-electron chi connectivity index (χ2n) is 9.73. The molecule has 0 spiro atoms. The van der Waals surface area contributed by atoms with Crippen LogP contribution in [0.3, 0.4) is 0 Å². The molecular formula is C26H40N2O2. The first-order valence-electron chi connectivity index (χ1n) is 12.1. The van der Waals surface area contributed by atoms with Crippen molar-refractivity contribution in [2.75, 3.05) is 6.61 Å². The molecule has 0 radical (unpaired) electrons. The van der Waals surface area contributed by atoms with Crippen molar-refractivity contribution in [2.45, 2.75) is 91.5 Å². The van der Waals surface area contributed by atoms with Gasteiger partial charge in [-0.25, -0.2) is 4.98 Å². The minimum absolute atomic E-state index is 0.0354. The van der Waals surface area contributed by atoms with Gasteiger partial charge in [0.25, 0.3) is 0 Å². The van der Waals surface area contributed by atoms with Crippen LogP contribution in [0, 0.1) is 17.8 Å². The summed E-state index contributed by atoms with van der Waals surface area (Å²) < 4.78 is 2.46. The van der Waals surface area contributed by atoms with Crippen LogP contribution in [0.5, 0.6) is 0 Å². The zero-order valence-electron chi connectivity index (χ0n) is 19.4. The molecule has 1 aromatic heterocycles. The number of aliphatic hydroxyl groups is 1. The van der Waals surface area contributed by atoms with Crippen LogP contribution in [0.2, 0.25) is 0 Å². The van der Waals surface area contributed by atoms with Gasteiger partial charge in [0.15, 0.2) is 5.78 Å². The number of rotatable bonds is 11. The molecule has 0 bridgehead atoms. The molecule has 1 fully saturated rings. The van der Waals surface area contributed by atoms with Crippen LogP contribution in [0.1, 0.15) is 101 Å². The molecule has 0 aliphatic heterocycles. The van der Waals surface area contributed by atoms with Crippen LogP contribution in [0.4, 0.5) is 0 Å². The van der Waals surface area contributed by atoms with Gasteiger partial charge in [0, 0.05) is 31.1 Å². The maximum atomic E-state index is 12.9. The third kappa shape index (κ3) is 5.32. The Labute approximate surface area is 182 Å². The fraction of sp³-hybridized carbons (Fsp3) is 0.692. The van der Waals surface area contributed by atoms with Gasteiger partial charge < -0.3 is 9.67 Å². The van der Waals surface area contributed by atoms with E-state index in [0.29, 0.717) is 18.4 Å². The summed E-state index contributed by atoms with van der Waals surface area (Å²) >= 11 is 0. The van der Waals surface area contributed by atoms with E-state index in [4.69, 9.17) is 4.98 Å². The van der Waals surface area contributed by atoms with E-state index >= 15 is 0 Å². The first-order chi connectivity index (χ1) is 14.5. The molecule has 3 rings (SSSR count). The Morgan fingerprint density at radius 2 is 1.90 bits per heavy atom. The maximum absolute atomic E-state index is 12.9. The van der Waals surface area contributed by atoms with Crippen LogP contribution >= 0.6 is 0 Å². The minimum Gasteiger partial charge on any atom is -0.396 e. The molecule has 1 atom stereocenters. The smallest absolute Gasteiger partial charge is 0.163 e. The van der Waals surface area contributed by atoms with Crippen molar-refractivity contribution in [1.82, 2.24) is 9.55 Å². The lowest BCUT2D eigenvalue weighted by molar-refractivity contribution is 0.0924. The van der Waals surface area contributed by atoms with Gasteiger partial charge in [0.2, 0.25) is 0 Å². The summed E-state index contributed by atoms with van der Waals surface area (Å²) in [6.45, 7) is 8.84. The average Bonchev–Trinajstić information content (AvgIpc) is 3.36. The van der Waals surface area contributed by atoms with Gasteiger partial charge in [-0.1, -0.05) is 53.4 Å². The lowest BCUT2D eigenvalue weighted by Crippen LogP contribution is -2.15. The summed E-state index contributed by atoms with van der Waals surface area (Å²) in [5.41, 5.74) is 2.84. The second-order valence-corrected chi connectivity index (χ2v) is 9.73. The van der Waals surface area contributed by atoms with E-state index in [-0.39, 0.29) is 18.3 Å². The van der Waals surface area contributed by atoms with Crippen LogP contribution in [0.15, 0.2) is 18.2 Å². The summed E-state index contributed by atoms with van der Waals surface area (Å²) in [5, 5.41) is 9.67. The van der Waals surface area contributed by atoms with E-state index in [2.05, 4.69) is 38.3 Å². The molecule has 1 aliphatic rings. The molecule has 0 saturated heterocycles. The number of aliphatic hydroxyl groups excluding tert-OH is 1. The lowest BCUT2D eigenvalue weighted by Gasteiger charge is -2.20. The Hall–Kier alpha value is -1.68. The molecule has 2 aromatic rings. The standard InChI is InChI=1S/C26H40N2O2/c1-5-22(6-2)28-24-12-11-21(25(30)14-20(17-29)13-18(3)4)16-23(24)27-26(28)15-19-9-7-8-10-19/h11-12,16,18-20,22,29H,5-10,13-15,17H2,1-4H3/t20-/m1/s1. The number of hydrogen-bond acceptors (Lipinski definition) is 3. The van der Waals surface area contributed by atoms with E-state index in [1.807, 2.05) is 12.1 Å². The monoisotopic (exact) mass is 412 g/mol. The van der Waals surface area contributed by atoms with Crippen molar-refractivity contribution in [3.8, 4) is 0 Å². The molecule has 0 unspecified atom stereocenters. The number of benzene rings is 1. The molecule has 166 valence electrons. The first-order valence-corrected chi connectivity index (χ1v) is 12.1. The third-order valence-electron chi connectivity index (χ3n) is 6.88. The summed E-state index contributed by atoms with van der Waals surface area (Å²) in [5.74, 6) is 2.58. The summed E-state index contributed by atoms with van der Waals surface area (Å²) in [6.07, 6.45) is 9.83. The van der Waals surface area contributed by atoms with Crippen molar-refractivity contribution >= 4 is 16.8 Å². The summed E-state index contributed by atoms with van der Waals surface area (Å²) in [7, 11) is 0. The SMILES string of the molecule is CCC(CC)n1c(CC2CCCC2)nc2cc(C(=O)C[C@H](CO)CC(C)C)ccc21. The largest absolute Gasteiger partial charge is 0.396 e. The van der Waals surface area contributed by atoms with Gasteiger partial charge in [0.05, 0.1) is 11.0 Å². The topological polar surface area (TPSA) is 55.1 Å². The molecule has 1 saturated carbocycles. The number of hydrogen-bond donors (Lipinski definition) is 1. The Kier molecular flexibility index (Phi) is 8.10. The molecule has 1 heterocycles. The molecular weight excluding hydrogens is 372 g/mol. The number of carbonyl (C=O) groups excluding carboxylic acids is 1. The van der Waals surface area contributed by atoms with E-state index < -0.39 is 0 Å². The average molecular weight is 413 g/mol. The van der Waals surface area contributed by atoms with Crippen molar-refractivity contribution in [3.63, 3.8) is 0 Å². The number of aromatic nitrogens is 2. The Morgan fingerprint density at radius 1 is 1.20 bits per heavy atom. The highest BCUT2D eigenvalue weighted by molar-refractivity contribution is 5.99.